The Balaban J connectivity index is 2.32. The summed E-state index contributed by atoms with van der Waals surface area (Å²) < 4.78 is 1.08. The van der Waals surface area contributed by atoms with Crippen LogP contribution in [0.15, 0.2) is 28.7 Å². The van der Waals surface area contributed by atoms with Crippen molar-refractivity contribution < 1.29 is 0 Å². The number of rotatable bonds is 4. The molecule has 96 valence electrons. The van der Waals surface area contributed by atoms with Crippen molar-refractivity contribution in [2.24, 2.45) is 0 Å². The monoisotopic (exact) mass is 307 g/mol. The Morgan fingerprint density at radius 3 is 2.78 bits per heavy atom. The quantitative estimate of drug-likeness (QED) is 0.939. The second-order valence-electron chi connectivity index (χ2n) is 4.70. The first kappa shape index (κ1) is 13.3. The number of aryl methyl sites for hydroxylation is 1. The van der Waals surface area contributed by atoms with E-state index in [1.807, 2.05) is 19.1 Å². The number of hydrogen-bond acceptors (Lipinski definition) is 3. The van der Waals surface area contributed by atoms with E-state index in [1.54, 1.807) is 0 Å². The smallest absolute Gasteiger partial charge is 0.0726 e. The molecule has 0 aliphatic rings. The van der Waals surface area contributed by atoms with Crippen LogP contribution < -0.4 is 5.32 Å². The molecule has 0 atom stereocenters. The summed E-state index contributed by atoms with van der Waals surface area (Å²) in [5.74, 6) is 0. The summed E-state index contributed by atoms with van der Waals surface area (Å²) in [6.07, 6.45) is 0. The summed E-state index contributed by atoms with van der Waals surface area (Å²) in [5, 5.41) is 4.65. The molecule has 0 saturated carbocycles. The molecule has 0 bridgehead atoms. The zero-order chi connectivity index (χ0) is 13.1. The first-order valence-electron chi connectivity index (χ1n) is 6.02. The second-order valence-corrected chi connectivity index (χ2v) is 5.62. The average Bonchev–Trinajstić information content (AvgIpc) is 2.29. The maximum absolute atomic E-state index is 4.55. The van der Waals surface area contributed by atoms with E-state index in [1.165, 1.54) is 0 Å². The Bertz CT molecular complexity index is 552. The molecule has 0 aliphatic heterocycles. The third kappa shape index (κ3) is 3.21. The Hall–Kier alpha value is -1.13. The van der Waals surface area contributed by atoms with Crippen molar-refractivity contribution in [3.8, 4) is 0 Å². The Kier molecular flexibility index (Phi) is 4.19. The predicted molar refractivity (Wildman–Crippen MR) is 81.2 cm³/mol. The minimum absolute atomic E-state index is 0.929. The first-order chi connectivity index (χ1) is 8.56. The maximum Gasteiger partial charge on any atom is 0.0726 e. The van der Waals surface area contributed by atoms with Gasteiger partial charge in [0, 0.05) is 34.3 Å². The Labute approximate surface area is 116 Å². The van der Waals surface area contributed by atoms with Gasteiger partial charge < -0.3 is 10.2 Å². The van der Waals surface area contributed by atoms with Gasteiger partial charge in [-0.1, -0.05) is 15.9 Å². The lowest BCUT2D eigenvalue weighted by molar-refractivity contribution is 0.425. The number of pyridine rings is 1. The zero-order valence-corrected chi connectivity index (χ0v) is 12.6. The van der Waals surface area contributed by atoms with Gasteiger partial charge in [-0.15, -0.1) is 0 Å². The van der Waals surface area contributed by atoms with Gasteiger partial charge in [0.15, 0.2) is 0 Å². The standard InChI is InChI=1S/C14H18BrN3/c1-10-8-14(16-6-7-18(2)3)12-9-11(15)4-5-13(12)17-10/h4-5,8-9H,6-7H2,1-3H3,(H,16,17). The van der Waals surface area contributed by atoms with Crippen molar-refractivity contribution >= 4 is 32.5 Å². The van der Waals surface area contributed by atoms with Crippen LogP contribution in [0.2, 0.25) is 0 Å². The van der Waals surface area contributed by atoms with E-state index < -0.39 is 0 Å². The van der Waals surface area contributed by atoms with Gasteiger partial charge in [-0.2, -0.15) is 0 Å². The van der Waals surface area contributed by atoms with E-state index in [9.17, 15) is 0 Å². The number of halogens is 1. The van der Waals surface area contributed by atoms with Crippen LogP contribution in [0.5, 0.6) is 0 Å². The largest absolute Gasteiger partial charge is 0.383 e. The molecule has 0 amide bonds. The summed E-state index contributed by atoms with van der Waals surface area (Å²) in [4.78, 5) is 6.72. The minimum atomic E-state index is 0.929. The molecule has 0 fully saturated rings. The Morgan fingerprint density at radius 1 is 1.28 bits per heavy atom. The molecule has 1 N–H and O–H groups in total. The second kappa shape index (κ2) is 5.67. The van der Waals surface area contributed by atoms with Crippen LogP contribution in [-0.2, 0) is 0 Å². The highest BCUT2D eigenvalue weighted by atomic mass is 79.9. The van der Waals surface area contributed by atoms with Crippen molar-refractivity contribution in [1.29, 1.82) is 0 Å². The predicted octanol–water partition coefficient (Wildman–Crippen LogP) is 3.28. The fourth-order valence-corrected chi connectivity index (χ4v) is 2.25. The third-order valence-electron chi connectivity index (χ3n) is 2.77. The fourth-order valence-electron chi connectivity index (χ4n) is 1.89. The highest BCUT2D eigenvalue weighted by Gasteiger charge is 2.04. The summed E-state index contributed by atoms with van der Waals surface area (Å²) in [6, 6.07) is 8.28. The van der Waals surface area contributed by atoms with E-state index in [0.29, 0.717) is 0 Å². The molecular weight excluding hydrogens is 290 g/mol. The molecule has 2 rings (SSSR count). The van der Waals surface area contributed by atoms with E-state index in [2.05, 4.69) is 57.4 Å². The van der Waals surface area contributed by atoms with Crippen molar-refractivity contribution in [2.45, 2.75) is 6.92 Å². The molecule has 2 aromatic rings. The lowest BCUT2D eigenvalue weighted by Crippen LogP contribution is -2.20. The SMILES string of the molecule is Cc1cc(NCCN(C)C)c2cc(Br)ccc2n1. The van der Waals surface area contributed by atoms with Crippen LogP contribution in [0, 0.1) is 6.92 Å². The lowest BCUT2D eigenvalue weighted by atomic mass is 10.1. The van der Waals surface area contributed by atoms with Crippen LogP contribution in [0.25, 0.3) is 10.9 Å². The molecule has 1 aromatic carbocycles. The van der Waals surface area contributed by atoms with Gasteiger partial charge in [-0.3, -0.25) is 4.98 Å². The minimum Gasteiger partial charge on any atom is -0.383 e. The molecule has 1 aromatic heterocycles. The molecule has 0 spiro atoms. The summed E-state index contributed by atoms with van der Waals surface area (Å²) >= 11 is 3.51. The van der Waals surface area contributed by atoms with Crippen LogP contribution in [0.3, 0.4) is 0 Å². The highest BCUT2D eigenvalue weighted by molar-refractivity contribution is 9.10. The van der Waals surface area contributed by atoms with Gasteiger partial charge in [-0.05, 0) is 45.3 Å². The normalized spacial score (nSPS) is 11.2. The van der Waals surface area contributed by atoms with E-state index in [-0.39, 0.29) is 0 Å². The van der Waals surface area contributed by atoms with Gasteiger partial charge in [0.2, 0.25) is 0 Å². The summed E-state index contributed by atoms with van der Waals surface area (Å²) in [7, 11) is 4.16. The topological polar surface area (TPSA) is 28.2 Å². The highest BCUT2D eigenvalue weighted by Crippen LogP contribution is 2.26. The van der Waals surface area contributed by atoms with Crippen LogP contribution in [0.4, 0.5) is 5.69 Å². The number of likely N-dealkylation sites (N-methyl/N-ethyl adjacent to an activating group) is 1. The first-order valence-corrected chi connectivity index (χ1v) is 6.81. The van der Waals surface area contributed by atoms with Gasteiger partial charge in [-0.25, -0.2) is 0 Å². The molecule has 0 radical (unpaired) electrons. The fraction of sp³-hybridized carbons (Fsp3) is 0.357. The number of anilines is 1. The summed E-state index contributed by atoms with van der Waals surface area (Å²) in [6.45, 7) is 3.97. The molecule has 1 heterocycles. The van der Waals surface area contributed by atoms with Gasteiger partial charge in [0.1, 0.15) is 0 Å². The Morgan fingerprint density at radius 2 is 2.06 bits per heavy atom. The molecular formula is C14H18BrN3. The number of fused-ring (bicyclic) bond motifs is 1. The molecule has 0 saturated heterocycles. The van der Waals surface area contributed by atoms with E-state index >= 15 is 0 Å². The van der Waals surface area contributed by atoms with Gasteiger partial charge in [0.05, 0.1) is 5.52 Å². The van der Waals surface area contributed by atoms with Gasteiger partial charge >= 0.3 is 0 Å². The molecule has 0 unspecified atom stereocenters. The maximum atomic E-state index is 4.55. The van der Waals surface area contributed by atoms with Crippen LogP contribution in [-0.4, -0.2) is 37.1 Å². The van der Waals surface area contributed by atoms with Crippen molar-refractivity contribution in [1.82, 2.24) is 9.88 Å². The van der Waals surface area contributed by atoms with Crippen molar-refractivity contribution in [2.75, 3.05) is 32.5 Å². The van der Waals surface area contributed by atoms with E-state index in [4.69, 9.17) is 0 Å². The molecule has 18 heavy (non-hydrogen) atoms. The number of nitrogens with zero attached hydrogens (tertiary/aromatic N) is 2. The van der Waals surface area contributed by atoms with Crippen LogP contribution >= 0.6 is 15.9 Å². The molecule has 4 heteroatoms. The average molecular weight is 308 g/mol. The van der Waals surface area contributed by atoms with Crippen molar-refractivity contribution in [3.63, 3.8) is 0 Å². The third-order valence-corrected chi connectivity index (χ3v) is 3.27. The number of nitrogens with one attached hydrogen (secondary N) is 1. The van der Waals surface area contributed by atoms with Crippen molar-refractivity contribution in [3.05, 3.63) is 34.4 Å². The number of aromatic nitrogens is 1. The zero-order valence-electron chi connectivity index (χ0n) is 11.0. The van der Waals surface area contributed by atoms with E-state index in [0.717, 1.165) is 39.8 Å². The molecule has 0 aliphatic carbocycles. The van der Waals surface area contributed by atoms with Gasteiger partial charge in [0.25, 0.3) is 0 Å². The molecule has 3 nitrogen and oxygen atoms in total. The van der Waals surface area contributed by atoms with Crippen LogP contribution in [0.1, 0.15) is 5.69 Å². The number of hydrogen-bond donors (Lipinski definition) is 1. The summed E-state index contributed by atoms with van der Waals surface area (Å²) in [5.41, 5.74) is 3.23. The lowest BCUT2D eigenvalue weighted by Gasteiger charge is -2.13. The number of benzene rings is 1.